The summed E-state index contributed by atoms with van der Waals surface area (Å²) in [5.74, 6) is 1.04. The van der Waals surface area contributed by atoms with Crippen molar-refractivity contribution in [2.75, 3.05) is 18.1 Å². The summed E-state index contributed by atoms with van der Waals surface area (Å²) < 4.78 is 11.1. The first-order chi connectivity index (χ1) is 8.13. The molecule has 1 aromatic carbocycles. The molecule has 0 spiro atoms. The largest absolute Gasteiger partial charge is 0.508 e. The third-order valence-corrected chi connectivity index (χ3v) is 3.62. The van der Waals surface area contributed by atoms with Crippen LogP contribution in [-0.2, 0) is 22.0 Å². The highest BCUT2D eigenvalue weighted by Gasteiger charge is 2.06. The molecule has 0 aliphatic carbocycles. The van der Waals surface area contributed by atoms with E-state index >= 15 is 0 Å². The van der Waals surface area contributed by atoms with E-state index in [2.05, 4.69) is 5.32 Å². The van der Waals surface area contributed by atoms with E-state index < -0.39 is 10.8 Å². The third kappa shape index (κ3) is 4.99. The van der Waals surface area contributed by atoms with Gasteiger partial charge >= 0.3 is 0 Å². The van der Waals surface area contributed by atoms with Crippen LogP contribution in [0.1, 0.15) is 12.5 Å². The fourth-order valence-electron chi connectivity index (χ4n) is 1.34. The van der Waals surface area contributed by atoms with Gasteiger partial charge in [0.05, 0.1) is 6.42 Å². The Hall–Kier alpha value is -1.36. The Morgan fingerprint density at radius 1 is 1.41 bits per heavy atom. The van der Waals surface area contributed by atoms with Crippen LogP contribution in [-0.4, -0.2) is 33.3 Å². The highest BCUT2D eigenvalue weighted by atomic mass is 32.2. The van der Waals surface area contributed by atoms with Crippen molar-refractivity contribution in [3.63, 3.8) is 0 Å². The van der Waals surface area contributed by atoms with Crippen LogP contribution < -0.4 is 5.32 Å². The van der Waals surface area contributed by atoms with Crippen LogP contribution in [0, 0.1) is 0 Å². The third-order valence-electron chi connectivity index (χ3n) is 2.32. The van der Waals surface area contributed by atoms with Crippen molar-refractivity contribution in [1.29, 1.82) is 0 Å². The van der Waals surface area contributed by atoms with Crippen molar-refractivity contribution in [3.8, 4) is 5.75 Å². The minimum atomic E-state index is -0.858. The van der Waals surface area contributed by atoms with Crippen LogP contribution >= 0.6 is 0 Å². The summed E-state index contributed by atoms with van der Waals surface area (Å²) in [6.45, 7) is 2.26. The number of hydrogen-bond donors (Lipinski definition) is 2. The molecular formula is C12H17NO3S. The maximum absolute atomic E-state index is 11.5. The molecule has 0 heterocycles. The van der Waals surface area contributed by atoms with Crippen LogP contribution in [0.25, 0.3) is 0 Å². The lowest BCUT2D eigenvalue weighted by molar-refractivity contribution is -0.120. The molecule has 17 heavy (non-hydrogen) atoms. The smallest absolute Gasteiger partial charge is 0.224 e. The molecule has 1 amide bonds. The second kappa shape index (κ2) is 7.06. The molecule has 0 saturated carbocycles. The van der Waals surface area contributed by atoms with E-state index in [4.69, 9.17) is 0 Å². The van der Waals surface area contributed by atoms with Crippen LogP contribution in [0.4, 0.5) is 0 Å². The van der Waals surface area contributed by atoms with Gasteiger partial charge in [0.2, 0.25) is 5.91 Å². The Bertz CT molecular complexity index is 406. The summed E-state index contributed by atoms with van der Waals surface area (Å²) in [4.78, 5) is 11.5. The molecule has 2 N–H and O–H groups in total. The quantitative estimate of drug-likeness (QED) is 0.791. The predicted octanol–water partition coefficient (Wildman–Crippen LogP) is 0.819. The van der Waals surface area contributed by atoms with E-state index in [0.717, 1.165) is 0 Å². The van der Waals surface area contributed by atoms with Crippen molar-refractivity contribution in [2.24, 2.45) is 0 Å². The molecule has 0 saturated heterocycles. The Labute approximate surface area is 104 Å². The Kier molecular flexibility index (Phi) is 5.69. The number of carbonyl (C=O) groups is 1. The van der Waals surface area contributed by atoms with Gasteiger partial charge in [-0.1, -0.05) is 25.1 Å². The maximum Gasteiger partial charge on any atom is 0.224 e. The summed E-state index contributed by atoms with van der Waals surface area (Å²) >= 11 is 0. The van der Waals surface area contributed by atoms with Crippen LogP contribution in [0.15, 0.2) is 24.3 Å². The first kappa shape index (κ1) is 13.7. The second-order valence-electron chi connectivity index (χ2n) is 3.59. The normalized spacial score (nSPS) is 12.1. The average molecular weight is 255 g/mol. The number of para-hydroxylation sites is 1. The Morgan fingerprint density at radius 3 is 2.76 bits per heavy atom. The standard InChI is InChI=1S/C12H17NO3S/c1-2-17(16)8-7-13-12(15)9-10-5-3-4-6-11(10)14/h3-6,14H,2,7-9H2,1H3,(H,13,15). The van der Waals surface area contributed by atoms with E-state index in [9.17, 15) is 14.1 Å². The topological polar surface area (TPSA) is 66.4 Å². The first-order valence-corrected chi connectivity index (χ1v) is 7.00. The van der Waals surface area contributed by atoms with Crippen LogP contribution in [0.5, 0.6) is 5.75 Å². The molecule has 5 heteroatoms. The SMILES string of the molecule is CCS(=O)CCNC(=O)Cc1ccccc1O. The van der Waals surface area contributed by atoms with Crippen molar-refractivity contribution < 1.29 is 14.1 Å². The number of benzene rings is 1. The number of nitrogens with one attached hydrogen (secondary N) is 1. The molecule has 1 rings (SSSR count). The molecule has 0 aliphatic heterocycles. The summed E-state index contributed by atoms with van der Waals surface area (Å²) in [7, 11) is -0.858. The fraction of sp³-hybridized carbons (Fsp3) is 0.417. The van der Waals surface area contributed by atoms with Gasteiger partial charge in [0.15, 0.2) is 0 Å². The van der Waals surface area contributed by atoms with Crippen LogP contribution in [0.3, 0.4) is 0 Å². The van der Waals surface area contributed by atoms with E-state index in [1.54, 1.807) is 24.3 Å². The highest BCUT2D eigenvalue weighted by molar-refractivity contribution is 7.84. The molecule has 0 bridgehead atoms. The number of phenolic OH excluding ortho intramolecular Hbond substituents is 1. The van der Waals surface area contributed by atoms with Gasteiger partial charge in [-0.05, 0) is 6.07 Å². The molecule has 1 unspecified atom stereocenters. The first-order valence-electron chi connectivity index (χ1n) is 5.52. The lowest BCUT2D eigenvalue weighted by Crippen LogP contribution is -2.29. The van der Waals surface area contributed by atoms with Crippen molar-refractivity contribution in [3.05, 3.63) is 29.8 Å². The predicted molar refractivity (Wildman–Crippen MR) is 68.4 cm³/mol. The minimum absolute atomic E-state index is 0.125. The van der Waals surface area contributed by atoms with Gasteiger partial charge in [-0.25, -0.2) is 0 Å². The van der Waals surface area contributed by atoms with Gasteiger partial charge < -0.3 is 10.4 Å². The molecule has 0 radical (unpaired) electrons. The molecule has 1 aromatic rings. The number of amides is 1. The molecule has 0 aromatic heterocycles. The lowest BCUT2D eigenvalue weighted by Gasteiger charge is -2.06. The molecule has 4 nitrogen and oxygen atoms in total. The van der Waals surface area contributed by atoms with Crippen molar-refractivity contribution in [2.45, 2.75) is 13.3 Å². The van der Waals surface area contributed by atoms with Crippen molar-refractivity contribution >= 4 is 16.7 Å². The zero-order chi connectivity index (χ0) is 12.7. The summed E-state index contributed by atoms with van der Waals surface area (Å²) in [6.07, 6.45) is 0.144. The zero-order valence-corrected chi connectivity index (χ0v) is 10.6. The van der Waals surface area contributed by atoms with Gasteiger partial charge in [0.1, 0.15) is 5.75 Å². The minimum Gasteiger partial charge on any atom is -0.508 e. The molecule has 1 atom stereocenters. The molecule has 0 aliphatic rings. The van der Waals surface area contributed by atoms with Gasteiger partial charge in [-0.3, -0.25) is 9.00 Å². The molecular weight excluding hydrogens is 238 g/mol. The van der Waals surface area contributed by atoms with Crippen molar-refractivity contribution in [1.82, 2.24) is 5.32 Å². The maximum atomic E-state index is 11.5. The highest BCUT2D eigenvalue weighted by Crippen LogP contribution is 2.15. The van der Waals surface area contributed by atoms with E-state index in [1.807, 2.05) is 6.92 Å². The number of rotatable bonds is 6. The Morgan fingerprint density at radius 2 is 2.12 bits per heavy atom. The summed E-state index contributed by atoms with van der Waals surface area (Å²) in [5.41, 5.74) is 0.599. The number of carbonyl (C=O) groups excluding carboxylic acids is 1. The molecule has 94 valence electrons. The Balaban J connectivity index is 2.35. The van der Waals surface area contributed by atoms with E-state index in [1.165, 1.54) is 0 Å². The van der Waals surface area contributed by atoms with E-state index in [0.29, 0.717) is 23.6 Å². The number of phenols is 1. The van der Waals surface area contributed by atoms with Gasteiger partial charge in [0, 0.05) is 34.4 Å². The lowest BCUT2D eigenvalue weighted by atomic mass is 10.1. The fourth-order valence-corrected chi connectivity index (χ4v) is 1.96. The second-order valence-corrected chi connectivity index (χ2v) is 5.45. The summed E-state index contributed by atoms with van der Waals surface area (Å²) in [6, 6.07) is 6.74. The monoisotopic (exact) mass is 255 g/mol. The van der Waals surface area contributed by atoms with E-state index in [-0.39, 0.29) is 18.1 Å². The van der Waals surface area contributed by atoms with Gasteiger partial charge in [0.25, 0.3) is 0 Å². The number of aromatic hydroxyl groups is 1. The van der Waals surface area contributed by atoms with Crippen LogP contribution in [0.2, 0.25) is 0 Å². The average Bonchev–Trinajstić information content (AvgIpc) is 2.32. The van der Waals surface area contributed by atoms with Gasteiger partial charge in [-0.15, -0.1) is 0 Å². The number of hydrogen-bond acceptors (Lipinski definition) is 3. The summed E-state index contributed by atoms with van der Waals surface area (Å²) in [5, 5.41) is 12.2. The van der Waals surface area contributed by atoms with Gasteiger partial charge in [-0.2, -0.15) is 0 Å². The molecule has 0 fully saturated rings. The zero-order valence-electron chi connectivity index (χ0n) is 9.81.